The molecule has 0 radical (unpaired) electrons. The maximum Gasteiger partial charge on any atom is 0.238 e. The van der Waals surface area contributed by atoms with Gasteiger partial charge in [-0.25, -0.2) is 0 Å². The number of benzene rings is 1. The van der Waals surface area contributed by atoms with Crippen molar-refractivity contribution in [3.05, 3.63) is 54.1 Å². The van der Waals surface area contributed by atoms with E-state index in [-0.39, 0.29) is 23.7 Å². The zero-order valence-electron chi connectivity index (χ0n) is 13.1. The minimum absolute atomic E-state index is 0.0624. The molecule has 1 heterocycles. The monoisotopic (exact) mass is 315 g/mol. The molecule has 0 aromatic heterocycles. The van der Waals surface area contributed by atoms with Gasteiger partial charge in [0.05, 0.1) is 17.5 Å². The van der Waals surface area contributed by atoms with Gasteiger partial charge in [-0.3, -0.25) is 14.5 Å². The van der Waals surface area contributed by atoms with Crippen molar-refractivity contribution in [2.24, 2.45) is 53.3 Å². The Morgan fingerprint density at radius 3 is 2.21 bits per heavy atom. The number of para-hydroxylation sites is 1. The Hall–Kier alpha value is -2.16. The van der Waals surface area contributed by atoms with Crippen LogP contribution in [0, 0.1) is 53.3 Å². The molecular weight excluding hydrogens is 298 g/mol. The van der Waals surface area contributed by atoms with E-state index in [1.165, 1.54) is 4.90 Å². The lowest BCUT2D eigenvalue weighted by Gasteiger charge is -2.50. The summed E-state index contributed by atoms with van der Waals surface area (Å²) >= 11 is 0. The first-order valence-corrected chi connectivity index (χ1v) is 9.10. The van der Waals surface area contributed by atoms with E-state index >= 15 is 0 Å². The topological polar surface area (TPSA) is 37.4 Å². The Balaban J connectivity index is 1.38. The van der Waals surface area contributed by atoms with Gasteiger partial charge in [-0.15, -0.1) is 0 Å². The van der Waals surface area contributed by atoms with Crippen molar-refractivity contribution in [1.29, 1.82) is 0 Å². The molecule has 118 valence electrons. The number of hydrogen-bond acceptors (Lipinski definition) is 2. The molecule has 9 atom stereocenters. The molecule has 3 nitrogen and oxygen atoms in total. The number of rotatable bonds is 1. The van der Waals surface area contributed by atoms with Gasteiger partial charge in [0.2, 0.25) is 11.8 Å². The number of nitrogens with zero attached hydrogens (tertiary/aromatic N) is 1. The van der Waals surface area contributed by atoms with Gasteiger partial charge in [0, 0.05) is 5.92 Å². The number of imide groups is 1. The highest BCUT2D eigenvalue weighted by Crippen LogP contribution is 2.78. The molecule has 0 spiro atoms. The molecule has 0 N–H and O–H groups in total. The fourth-order valence-electron chi connectivity index (χ4n) is 7.64. The second kappa shape index (κ2) is 3.58. The van der Waals surface area contributed by atoms with Crippen LogP contribution < -0.4 is 4.90 Å². The van der Waals surface area contributed by atoms with E-state index in [1.807, 2.05) is 30.3 Å². The van der Waals surface area contributed by atoms with Crippen molar-refractivity contribution in [3.63, 3.8) is 0 Å². The third-order valence-corrected chi connectivity index (χ3v) is 7.96. The van der Waals surface area contributed by atoms with E-state index in [0.717, 1.165) is 5.69 Å². The number of amides is 2. The molecule has 4 fully saturated rings. The Kier molecular flexibility index (Phi) is 1.83. The minimum atomic E-state index is -0.0624. The maximum absolute atomic E-state index is 13.2. The predicted octanol–water partition coefficient (Wildman–Crippen LogP) is 2.66. The molecule has 1 aromatic rings. The molecule has 7 aliphatic carbocycles. The smallest absolute Gasteiger partial charge is 0.238 e. The largest absolute Gasteiger partial charge is 0.274 e. The van der Waals surface area contributed by atoms with E-state index in [0.29, 0.717) is 41.4 Å². The molecule has 24 heavy (non-hydrogen) atoms. The average molecular weight is 315 g/mol. The van der Waals surface area contributed by atoms with Crippen molar-refractivity contribution in [1.82, 2.24) is 0 Å². The van der Waals surface area contributed by atoms with E-state index in [1.54, 1.807) is 5.57 Å². The lowest BCUT2D eigenvalue weighted by molar-refractivity contribution is -0.124. The highest BCUT2D eigenvalue weighted by Gasteiger charge is 2.78. The quantitative estimate of drug-likeness (QED) is 0.590. The van der Waals surface area contributed by atoms with Crippen molar-refractivity contribution in [2.45, 2.75) is 0 Å². The molecule has 0 unspecified atom stereocenters. The van der Waals surface area contributed by atoms with Gasteiger partial charge in [0.1, 0.15) is 0 Å². The first kappa shape index (κ1) is 12.2. The van der Waals surface area contributed by atoms with Crippen LogP contribution in [-0.2, 0) is 9.59 Å². The molecular formula is C21H17NO2. The van der Waals surface area contributed by atoms with Crippen molar-refractivity contribution < 1.29 is 9.59 Å². The highest BCUT2D eigenvalue weighted by atomic mass is 16.2. The SMILES string of the molecule is O=C1[C@@H]2[C@H](C(=O)N1c1ccccc1)[C@@H]1[C@H]3C4=C[C@H]5C=C[C@@H]4[C@H]([C@H]23)[C@@H]51. The summed E-state index contributed by atoms with van der Waals surface area (Å²) in [5.41, 5.74) is 2.32. The summed E-state index contributed by atoms with van der Waals surface area (Å²) in [6, 6.07) is 9.49. The number of allylic oxidation sites excluding steroid dienone is 4. The zero-order chi connectivity index (χ0) is 15.7. The normalized spacial score (nSPS) is 51.1. The lowest BCUT2D eigenvalue weighted by atomic mass is 9.53. The zero-order valence-corrected chi connectivity index (χ0v) is 13.1. The highest BCUT2D eigenvalue weighted by molar-refractivity contribution is 6.22. The molecule has 1 aromatic carbocycles. The Labute approximate surface area is 140 Å². The molecule has 2 amide bonds. The van der Waals surface area contributed by atoms with Gasteiger partial charge in [0.15, 0.2) is 0 Å². The molecule has 8 bridgehead atoms. The number of anilines is 1. The summed E-state index contributed by atoms with van der Waals surface area (Å²) in [5.74, 6) is 3.71. The van der Waals surface area contributed by atoms with E-state index in [2.05, 4.69) is 18.2 Å². The standard InChI is InChI=1S/C21H17NO2/c23-20-18-16-13-9-6-7-11-12(8-9)15(16)17(14(11)13)19(18)21(24)22(20)10-4-2-1-3-5-10/h1-9,11,13-19H/t9-,11+,13-,14+,15-,16+,17+,18-,19+/m1/s1. The van der Waals surface area contributed by atoms with Crippen molar-refractivity contribution in [3.8, 4) is 0 Å². The second-order valence-electron chi connectivity index (χ2n) is 8.39. The summed E-state index contributed by atoms with van der Waals surface area (Å²) in [5, 5.41) is 0. The second-order valence-corrected chi connectivity index (χ2v) is 8.39. The summed E-state index contributed by atoms with van der Waals surface area (Å²) in [6.45, 7) is 0. The third-order valence-electron chi connectivity index (χ3n) is 7.96. The Morgan fingerprint density at radius 2 is 1.46 bits per heavy atom. The van der Waals surface area contributed by atoms with Gasteiger partial charge in [0.25, 0.3) is 0 Å². The van der Waals surface area contributed by atoms with Crippen LogP contribution in [0.3, 0.4) is 0 Å². The van der Waals surface area contributed by atoms with Crippen LogP contribution in [0.15, 0.2) is 54.1 Å². The fraction of sp³-hybridized carbons (Fsp3) is 0.429. The van der Waals surface area contributed by atoms with Crippen molar-refractivity contribution >= 4 is 17.5 Å². The summed E-state index contributed by atoms with van der Waals surface area (Å²) < 4.78 is 0. The van der Waals surface area contributed by atoms with Gasteiger partial charge in [-0.05, 0) is 47.6 Å². The van der Waals surface area contributed by atoms with Crippen LogP contribution in [0.1, 0.15) is 0 Å². The van der Waals surface area contributed by atoms with Crippen LogP contribution >= 0.6 is 0 Å². The predicted molar refractivity (Wildman–Crippen MR) is 87.6 cm³/mol. The maximum atomic E-state index is 13.2. The van der Waals surface area contributed by atoms with Gasteiger partial charge < -0.3 is 0 Å². The molecule has 8 aliphatic rings. The van der Waals surface area contributed by atoms with Gasteiger partial charge in [-0.2, -0.15) is 0 Å². The summed E-state index contributed by atoms with van der Waals surface area (Å²) in [7, 11) is 0. The number of fused-ring (bicyclic) bond motifs is 1. The number of carbonyl (C=O) groups excluding carboxylic acids is 2. The summed E-state index contributed by atoms with van der Waals surface area (Å²) in [6.07, 6.45) is 7.22. The Bertz CT molecular complexity index is 854. The molecule has 9 rings (SSSR count). The van der Waals surface area contributed by atoms with Crippen LogP contribution in [0.4, 0.5) is 5.69 Å². The van der Waals surface area contributed by atoms with Gasteiger partial charge in [-0.1, -0.05) is 42.0 Å². The molecule has 3 heteroatoms. The Morgan fingerprint density at radius 1 is 0.750 bits per heavy atom. The van der Waals surface area contributed by atoms with Crippen LogP contribution in [0.25, 0.3) is 0 Å². The van der Waals surface area contributed by atoms with E-state index in [4.69, 9.17) is 0 Å². The lowest BCUT2D eigenvalue weighted by Crippen LogP contribution is -2.47. The van der Waals surface area contributed by atoms with Gasteiger partial charge >= 0.3 is 0 Å². The number of carbonyl (C=O) groups is 2. The third kappa shape index (κ3) is 1.03. The molecule has 1 aliphatic heterocycles. The minimum Gasteiger partial charge on any atom is -0.274 e. The van der Waals surface area contributed by atoms with Crippen LogP contribution in [0.2, 0.25) is 0 Å². The van der Waals surface area contributed by atoms with Crippen LogP contribution in [0.5, 0.6) is 0 Å². The first-order valence-electron chi connectivity index (χ1n) is 9.10. The number of hydrogen-bond donors (Lipinski definition) is 0. The van der Waals surface area contributed by atoms with Crippen molar-refractivity contribution in [2.75, 3.05) is 4.90 Å². The molecule has 1 saturated heterocycles. The average Bonchev–Trinajstić information content (AvgIpc) is 3.29. The molecule has 3 saturated carbocycles. The first-order chi connectivity index (χ1) is 11.8. The fourth-order valence-corrected chi connectivity index (χ4v) is 7.64. The van der Waals surface area contributed by atoms with E-state index < -0.39 is 0 Å². The summed E-state index contributed by atoms with van der Waals surface area (Å²) in [4.78, 5) is 27.9. The van der Waals surface area contributed by atoms with Crippen LogP contribution in [-0.4, -0.2) is 11.8 Å². The van der Waals surface area contributed by atoms with E-state index in [9.17, 15) is 9.59 Å².